The van der Waals surface area contributed by atoms with Crippen LogP contribution in [-0.4, -0.2) is 36.5 Å². The van der Waals surface area contributed by atoms with Gasteiger partial charge in [-0.1, -0.05) is 23.2 Å². The zero-order chi connectivity index (χ0) is 21.8. The number of hydrogen-bond acceptors (Lipinski definition) is 7. The monoisotopic (exact) mass is 452 g/mol. The van der Waals surface area contributed by atoms with Gasteiger partial charge in [0.05, 0.1) is 12.1 Å². The molecule has 30 heavy (non-hydrogen) atoms. The van der Waals surface area contributed by atoms with Gasteiger partial charge in [0, 0.05) is 24.4 Å². The molecule has 0 aliphatic carbocycles. The predicted molar refractivity (Wildman–Crippen MR) is 110 cm³/mol. The van der Waals surface area contributed by atoms with Crippen molar-refractivity contribution in [3.8, 4) is 17.2 Å². The molecule has 2 aromatic carbocycles. The highest BCUT2D eigenvalue weighted by atomic mass is 35.5. The highest BCUT2D eigenvalue weighted by Gasteiger charge is 2.33. The van der Waals surface area contributed by atoms with E-state index in [9.17, 15) is 9.59 Å². The van der Waals surface area contributed by atoms with E-state index in [1.54, 1.807) is 36.4 Å². The number of rotatable bonds is 6. The minimum absolute atomic E-state index is 0.0513. The number of methoxy groups -OCH3 is 1. The fourth-order valence-electron chi connectivity index (χ4n) is 2.69. The van der Waals surface area contributed by atoms with Gasteiger partial charge in [-0.2, -0.15) is 5.01 Å². The molecule has 1 heterocycles. The minimum atomic E-state index is -0.831. The fraction of sp³-hybridized carbons (Fsp3) is 0.250. The molecule has 0 N–H and O–H groups in total. The molecule has 0 bridgehead atoms. The standard InChI is InChI=1S/C20H18Cl2N2O6/c1-11(25)24-20(13-4-6-17(29-12(2)26)18(8-13)27-3)30-19(23-24)10-28-16-7-5-14(21)9-15(16)22/h4-9,20H,10H2,1-3H3/t20-/m0/s1. The molecule has 0 saturated heterocycles. The Morgan fingerprint density at radius 2 is 1.83 bits per heavy atom. The van der Waals surface area contributed by atoms with Gasteiger partial charge in [0.25, 0.3) is 0 Å². The topological polar surface area (TPSA) is 86.7 Å². The van der Waals surface area contributed by atoms with Crippen molar-refractivity contribution in [3.63, 3.8) is 0 Å². The normalized spacial score (nSPS) is 15.3. The second-order valence-electron chi connectivity index (χ2n) is 6.19. The molecule has 8 nitrogen and oxygen atoms in total. The Morgan fingerprint density at radius 1 is 1.10 bits per heavy atom. The third kappa shape index (κ3) is 4.95. The van der Waals surface area contributed by atoms with Crippen molar-refractivity contribution in [1.82, 2.24) is 5.01 Å². The van der Waals surface area contributed by atoms with Crippen molar-refractivity contribution in [2.75, 3.05) is 13.7 Å². The van der Waals surface area contributed by atoms with Crippen LogP contribution in [0.5, 0.6) is 17.2 Å². The van der Waals surface area contributed by atoms with Gasteiger partial charge < -0.3 is 18.9 Å². The van der Waals surface area contributed by atoms with Crippen molar-refractivity contribution < 1.29 is 28.5 Å². The zero-order valence-corrected chi connectivity index (χ0v) is 17.9. The Morgan fingerprint density at radius 3 is 2.47 bits per heavy atom. The van der Waals surface area contributed by atoms with E-state index in [1.165, 1.54) is 26.0 Å². The fourth-order valence-corrected chi connectivity index (χ4v) is 3.15. The Hall–Kier alpha value is -2.97. The smallest absolute Gasteiger partial charge is 0.308 e. The molecule has 0 saturated carbocycles. The number of nitrogens with zero attached hydrogens (tertiary/aromatic N) is 2. The Labute approximate surface area is 182 Å². The summed E-state index contributed by atoms with van der Waals surface area (Å²) in [5, 5.41) is 6.20. The van der Waals surface area contributed by atoms with Crippen LogP contribution in [0.4, 0.5) is 0 Å². The summed E-state index contributed by atoms with van der Waals surface area (Å²) in [5.41, 5.74) is 0.571. The van der Waals surface area contributed by atoms with Gasteiger partial charge in [-0.15, -0.1) is 5.10 Å². The van der Waals surface area contributed by atoms with Crippen LogP contribution in [-0.2, 0) is 14.3 Å². The molecule has 0 fully saturated rings. The first-order chi connectivity index (χ1) is 14.3. The van der Waals surface area contributed by atoms with E-state index in [-0.39, 0.29) is 24.2 Å². The van der Waals surface area contributed by atoms with Crippen LogP contribution in [0, 0.1) is 0 Å². The number of benzene rings is 2. The summed E-state index contributed by atoms with van der Waals surface area (Å²) in [6.07, 6.45) is -0.831. The molecule has 3 rings (SSSR count). The predicted octanol–water partition coefficient (Wildman–Crippen LogP) is 4.20. The second-order valence-corrected chi connectivity index (χ2v) is 7.04. The summed E-state index contributed by atoms with van der Waals surface area (Å²) in [7, 11) is 1.44. The number of halogens is 2. The lowest BCUT2D eigenvalue weighted by Crippen LogP contribution is -2.25. The maximum atomic E-state index is 12.1. The Balaban J connectivity index is 1.78. The summed E-state index contributed by atoms with van der Waals surface area (Å²) in [6.45, 7) is 2.60. The van der Waals surface area contributed by atoms with Crippen LogP contribution >= 0.6 is 23.2 Å². The van der Waals surface area contributed by atoms with Gasteiger partial charge >= 0.3 is 5.97 Å². The van der Waals surface area contributed by atoms with E-state index in [2.05, 4.69) is 5.10 Å². The number of ether oxygens (including phenoxy) is 4. The second kappa shape index (κ2) is 9.23. The van der Waals surface area contributed by atoms with Crippen LogP contribution in [0.25, 0.3) is 0 Å². The average molecular weight is 453 g/mol. The van der Waals surface area contributed by atoms with Crippen LogP contribution in [0.15, 0.2) is 41.5 Å². The van der Waals surface area contributed by atoms with Crippen molar-refractivity contribution in [2.24, 2.45) is 5.10 Å². The highest BCUT2D eigenvalue weighted by Crippen LogP contribution is 2.35. The van der Waals surface area contributed by atoms with E-state index in [0.717, 1.165) is 0 Å². The van der Waals surface area contributed by atoms with Gasteiger partial charge in [-0.3, -0.25) is 9.59 Å². The summed E-state index contributed by atoms with van der Waals surface area (Å²) in [5.74, 6) is 0.340. The van der Waals surface area contributed by atoms with Gasteiger partial charge in [0.15, 0.2) is 18.1 Å². The highest BCUT2D eigenvalue weighted by molar-refractivity contribution is 6.35. The third-order valence-electron chi connectivity index (χ3n) is 3.98. The lowest BCUT2D eigenvalue weighted by Gasteiger charge is -2.20. The van der Waals surface area contributed by atoms with Gasteiger partial charge in [-0.05, 0) is 36.4 Å². The molecule has 2 aromatic rings. The largest absolute Gasteiger partial charge is 0.493 e. The molecule has 1 amide bonds. The van der Waals surface area contributed by atoms with Crippen molar-refractivity contribution >= 4 is 41.0 Å². The molecule has 10 heteroatoms. The molecule has 0 unspecified atom stereocenters. The van der Waals surface area contributed by atoms with E-state index in [0.29, 0.717) is 27.1 Å². The number of carbonyl (C=O) groups excluding carboxylic acids is 2. The minimum Gasteiger partial charge on any atom is -0.493 e. The SMILES string of the molecule is COc1cc([C@@H]2OC(COc3ccc(Cl)cc3Cl)=NN2C(C)=O)ccc1OC(C)=O. The molecule has 1 aliphatic heterocycles. The van der Waals surface area contributed by atoms with Gasteiger partial charge in [0.2, 0.25) is 18.0 Å². The molecule has 1 atom stereocenters. The first-order valence-corrected chi connectivity index (χ1v) is 9.52. The molecular formula is C20H18Cl2N2O6. The molecular weight excluding hydrogens is 435 g/mol. The summed E-state index contributed by atoms with van der Waals surface area (Å²) < 4.78 is 21.8. The lowest BCUT2D eigenvalue weighted by atomic mass is 10.1. The van der Waals surface area contributed by atoms with Crippen LogP contribution < -0.4 is 14.2 Å². The van der Waals surface area contributed by atoms with Gasteiger partial charge in [0.1, 0.15) is 5.75 Å². The maximum absolute atomic E-state index is 12.1. The molecule has 0 aromatic heterocycles. The van der Waals surface area contributed by atoms with Crippen LogP contribution in [0.3, 0.4) is 0 Å². The average Bonchev–Trinajstić information content (AvgIpc) is 3.12. The number of amides is 1. The lowest BCUT2D eigenvalue weighted by molar-refractivity contribution is -0.135. The van der Waals surface area contributed by atoms with E-state index >= 15 is 0 Å². The van der Waals surface area contributed by atoms with E-state index < -0.39 is 12.2 Å². The molecule has 0 radical (unpaired) electrons. The van der Waals surface area contributed by atoms with Crippen molar-refractivity contribution in [2.45, 2.75) is 20.1 Å². The quantitative estimate of drug-likeness (QED) is 0.482. The van der Waals surface area contributed by atoms with E-state index in [4.69, 9.17) is 42.1 Å². The van der Waals surface area contributed by atoms with Crippen molar-refractivity contribution in [3.05, 3.63) is 52.0 Å². The van der Waals surface area contributed by atoms with Crippen LogP contribution in [0.2, 0.25) is 10.0 Å². The van der Waals surface area contributed by atoms with E-state index in [1.807, 2.05) is 0 Å². The molecule has 158 valence electrons. The first-order valence-electron chi connectivity index (χ1n) is 8.76. The summed E-state index contributed by atoms with van der Waals surface area (Å²) in [4.78, 5) is 23.3. The molecule has 1 aliphatic rings. The Kier molecular flexibility index (Phi) is 6.69. The van der Waals surface area contributed by atoms with Crippen LogP contribution in [0.1, 0.15) is 25.6 Å². The third-order valence-corrected chi connectivity index (χ3v) is 4.51. The summed E-state index contributed by atoms with van der Waals surface area (Å²) in [6, 6.07) is 9.63. The number of esters is 1. The number of carbonyl (C=O) groups is 2. The molecule has 0 spiro atoms. The number of hydrazone groups is 1. The van der Waals surface area contributed by atoms with Gasteiger partial charge in [-0.25, -0.2) is 0 Å². The maximum Gasteiger partial charge on any atom is 0.308 e. The number of hydrogen-bond donors (Lipinski definition) is 0. The Bertz CT molecular complexity index is 1010. The summed E-state index contributed by atoms with van der Waals surface area (Å²) >= 11 is 12.0. The zero-order valence-electron chi connectivity index (χ0n) is 16.3. The first kappa shape index (κ1) is 21.7. The van der Waals surface area contributed by atoms with Crippen molar-refractivity contribution in [1.29, 1.82) is 0 Å².